The van der Waals surface area contributed by atoms with Gasteiger partial charge in [-0.25, -0.2) is 10.1 Å². The van der Waals surface area contributed by atoms with Crippen LogP contribution in [0, 0.1) is 11.2 Å². The van der Waals surface area contributed by atoms with E-state index >= 15 is 0 Å². The molecule has 3 nitrogen and oxygen atoms in total. The number of hydrogen-bond acceptors (Lipinski definition) is 2. The van der Waals surface area contributed by atoms with Gasteiger partial charge in [0, 0.05) is 0 Å². The molecule has 0 bridgehead atoms. The summed E-state index contributed by atoms with van der Waals surface area (Å²) in [5.74, 6) is 2.72. The van der Waals surface area contributed by atoms with Crippen molar-refractivity contribution in [2.24, 2.45) is 0 Å². The van der Waals surface area contributed by atoms with Crippen molar-refractivity contribution in [3.05, 3.63) is 35.9 Å². The monoisotopic (exact) mass is 224 g/mol. The number of benzene rings is 1. The molecular weight excluding hydrogens is 210 g/mol. The summed E-state index contributed by atoms with van der Waals surface area (Å²) in [7, 11) is -0.756. The van der Waals surface area contributed by atoms with Crippen LogP contribution in [0.15, 0.2) is 30.3 Å². The molecule has 1 atom stereocenters. The number of hydroxylamine groups is 1. The summed E-state index contributed by atoms with van der Waals surface area (Å²) >= 11 is 5.62. The molecular formula is C10H14BClN2O. The fourth-order valence-electron chi connectivity index (χ4n) is 1.31. The molecule has 0 aliphatic rings. The van der Waals surface area contributed by atoms with Gasteiger partial charge in [0.15, 0.2) is 0 Å². The highest BCUT2D eigenvalue weighted by Gasteiger charge is 2.03. The molecule has 0 aromatic heterocycles. The third-order valence-corrected chi connectivity index (χ3v) is 2.35. The maximum atomic E-state index is 8.62. The smallest absolute Gasteiger partial charge is 0.309 e. The van der Waals surface area contributed by atoms with Crippen LogP contribution in [0.2, 0.25) is 0 Å². The van der Waals surface area contributed by atoms with E-state index in [1.54, 1.807) is 0 Å². The van der Waals surface area contributed by atoms with Crippen LogP contribution in [-0.4, -0.2) is 19.8 Å². The average molecular weight is 225 g/mol. The van der Waals surface area contributed by atoms with Gasteiger partial charge in [0.1, 0.15) is 6.61 Å². The number of nitrogens with zero attached hydrogens (tertiary/aromatic N) is 1. The van der Waals surface area contributed by atoms with E-state index in [1.807, 2.05) is 30.3 Å². The van der Waals surface area contributed by atoms with E-state index in [0.717, 1.165) is 10.5 Å². The van der Waals surface area contributed by atoms with Crippen molar-refractivity contribution < 1.29 is 9.81 Å². The van der Waals surface area contributed by atoms with E-state index in [1.165, 1.54) is 0 Å². The first kappa shape index (κ1) is 12.1. The van der Waals surface area contributed by atoms with Crippen molar-refractivity contribution in [1.29, 1.82) is 5.26 Å². The molecule has 5 heteroatoms. The lowest BCUT2D eigenvalue weighted by Crippen LogP contribution is -3.13. The number of nitrogens with one attached hydrogen (secondary N) is 1. The predicted molar refractivity (Wildman–Crippen MR) is 61.9 cm³/mol. The molecule has 0 aliphatic carbocycles. The van der Waals surface area contributed by atoms with E-state index in [-0.39, 0.29) is 0 Å². The number of rotatable bonds is 6. The van der Waals surface area contributed by atoms with Gasteiger partial charge in [-0.2, -0.15) is 0 Å². The minimum Gasteiger partial charge on any atom is -0.364 e. The van der Waals surface area contributed by atoms with Crippen molar-refractivity contribution in [2.45, 2.75) is 6.61 Å². The molecule has 0 saturated heterocycles. The van der Waals surface area contributed by atoms with Crippen molar-refractivity contribution >= 4 is 19.0 Å². The lowest BCUT2D eigenvalue weighted by molar-refractivity contribution is -1.00. The summed E-state index contributed by atoms with van der Waals surface area (Å²) < 4.78 is 0. The second kappa shape index (κ2) is 7.30. The van der Waals surface area contributed by atoms with Crippen molar-refractivity contribution in [3.8, 4) is 5.97 Å². The Labute approximate surface area is 95.4 Å². The van der Waals surface area contributed by atoms with Gasteiger partial charge in [0.05, 0.1) is 12.4 Å². The summed E-state index contributed by atoms with van der Waals surface area (Å²) in [5, 5.41) is 8.62. The van der Waals surface area contributed by atoms with Crippen LogP contribution in [0.3, 0.4) is 0 Å². The van der Waals surface area contributed by atoms with Crippen LogP contribution in [0.25, 0.3) is 0 Å². The molecule has 0 fully saturated rings. The standard InChI is InChI=1S/C10H14BClN2O/c12-6-7-14(11-9-13)15-8-10-4-2-1-3-5-10/h1-5,14H,6-8,11H2. The summed E-state index contributed by atoms with van der Waals surface area (Å²) in [6.45, 7) is 1.24. The van der Waals surface area contributed by atoms with Crippen LogP contribution < -0.4 is 4.97 Å². The zero-order chi connectivity index (χ0) is 10.9. The zero-order valence-corrected chi connectivity index (χ0v) is 9.50. The zero-order valence-electron chi connectivity index (χ0n) is 8.74. The topological polar surface area (TPSA) is 37.5 Å². The Hall–Kier alpha value is -1.02. The second-order valence-electron chi connectivity index (χ2n) is 3.39. The van der Waals surface area contributed by atoms with Crippen LogP contribution in [0.5, 0.6) is 0 Å². The van der Waals surface area contributed by atoms with E-state index < -0.39 is 7.41 Å². The van der Waals surface area contributed by atoms with Gasteiger partial charge in [-0.1, -0.05) is 36.3 Å². The molecule has 0 aliphatic heterocycles. The Bertz CT molecular complexity index is 315. The minimum atomic E-state index is -0.756. The highest BCUT2D eigenvalue weighted by atomic mass is 35.5. The molecule has 0 heterocycles. The molecule has 1 unspecified atom stereocenters. The molecule has 1 aromatic carbocycles. The average Bonchev–Trinajstić information content (AvgIpc) is 2.28. The SMILES string of the molecule is N#C[BH2-][NH+](CCCl)OCc1ccccc1. The number of alkyl halides is 1. The molecule has 0 amide bonds. The van der Waals surface area contributed by atoms with Gasteiger partial charge < -0.3 is 4.97 Å². The molecule has 1 rings (SSSR count). The number of hydrogen-bond donors (Lipinski definition) is 1. The summed E-state index contributed by atoms with van der Waals surface area (Å²) in [6.07, 6.45) is 0. The minimum absolute atomic E-state index is 0.523. The summed E-state index contributed by atoms with van der Waals surface area (Å²) in [5.41, 5.74) is 1.12. The molecule has 0 spiro atoms. The van der Waals surface area contributed by atoms with Crippen molar-refractivity contribution in [3.63, 3.8) is 0 Å². The Morgan fingerprint density at radius 3 is 2.73 bits per heavy atom. The Morgan fingerprint density at radius 2 is 2.13 bits per heavy atom. The van der Waals surface area contributed by atoms with Gasteiger partial charge in [-0.3, -0.25) is 0 Å². The normalized spacial score (nSPS) is 12.0. The number of quaternary nitrogens is 1. The van der Waals surface area contributed by atoms with Crippen molar-refractivity contribution in [2.75, 3.05) is 12.4 Å². The van der Waals surface area contributed by atoms with Crippen LogP contribution in [0.4, 0.5) is 0 Å². The Morgan fingerprint density at radius 1 is 1.40 bits per heavy atom. The van der Waals surface area contributed by atoms with E-state index in [2.05, 4.69) is 5.97 Å². The van der Waals surface area contributed by atoms with Gasteiger partial charge in [-0.15, -0.1) is 11.6 Å². The number of nitriles is 1. The second-order valence-corrected chi connectivity index (χ2v) is 3.77. The quantitative estimate of drug-likeness (QED) is 0.413. The van der Waals surface area contributed by atoms with Gasteiger partial charge in [-0.05, 0) is 5.56 Å². The van der Waals surface area contributed by atoms with Gasteiger partial charge in [0.2, 0.25) is 0 Å². The van der Waals surface area contributed by atoms with Crippen molar-refractivity contribution in [1.82, 2.24) is 0 Å². The van der Waals surface area contributed by atoms with E-state index in [0.29, 0.717) is 19.0 Å². The fraction of sp³-hybridized carbons (Fsp3) is 0.300. The highest BCUT2D eigenvalue weighted by Crippen LogP contribution is 1.97. The molecule has 80 valence electrons. The molecule has 0 saturated carbocycles. The molecule has 0 radical (unpaired) electrons. The fourth-order valence-corrected chi connectivity index (χ4v) is 1.57. The van der Waals surface area contributed by atoms with E-state index in [4.69, 9.17) is 21.7 Å². The lowest BCUT2D eigenvalue weighted by Gasteiger charge is -2.20. The molecule has 15 heavy (non-hydrogen) atoms. The van der Waals surface area contributed by atoms with Crippen LogP contribution >= 0.6 is 11.6 Å². The first-order chi connectivity index (χ1) is 7.36. The highest BCUT2D eigenvalue weighted by molar-refractivity contribution is 6.35. The maximum Gasteiger partial charge on any atom is 0.309 e. The number of halogens is 1. The Balaban J connectivity index is 2.37. The van der Waals surface area contributed by atoms with E-state index in [9.17, 15) is 0 Å². The van der Waals surface area contributed by atoms with Crippen LogP contribution in [-0.2, 0) is 11.4 Å². The molecule has 1 N–H and O–H groups in total. The lowest BCUT2D eigenvalue weighted by atomic mass is 9.98. The summed E-state index contributed by atoms with van der Waals surface area (Å²) in [6, 6.07) is 9.92. The van der Waals surface area contributed by atoms with Crippen LogP contribution in [0.1, 0.15) is 5.56 Å². The first-order valence-electron chi connectivity index (χ1n) is 5.10. The van der Waals surface area contributed by atoms with Gasteiger partial charge >= 0.3 is 7.41 Å². The Kier molecular flexibility index (Phi) is 5.87. The predicted octanol–water partition coefficient (Wildman–Crippen LogP) is -0.193. The van der Waals surface area contributed by atoms with Gasteiger partial charge in [0.25, 0.3) is 0 Å². The third kappa shape index (κ3) is 4.84. The molecule has 1 aromatic rings. The summed E-state index contributed by atoms with van der Waals surface area (Å²) in [4.78, 5) is 6.46. The third-order valence-electron chi connectivity index (χ3n) is 2.17. The largest absolute Gasteiger partial charge is 0.364 e. The first-order valence-corrected chi connectivity index (χ1v) is 5.64. The maximum absolute atomic E-state index is 8.62.